The molecular formula is C17H26N4. The van der Waals surface area contributed by atoms with E-state index in [4.69, 9.17) is 0 Å². The average molecular weight is 286 g/mol. The lowest BCUT2D eigenvalue weighted by atomic mass is 9.98. The first-order chi connectivity index (χ1) is 10.0. The minimum absolute atomic E-state index is 0.329. The lowest BCUT2D eigenvalue weighted by Gasteiger charge is -2.25. The summed E-state index contributed by atoms with van der Waals surface area (Å²) in [4.78, 5) is 6.70. The van der Waals surface area contributed by atoms with Gasteiger partial charge in [-0.1, -0.05) is 23.8 Å². The molecule has 0 saturated carbocycles. The Morgan fingerprint density at radius 1 is 1.33 bits per heavy atom. The molecule has 0 aliphatic heterocycles. The van der Waals surface area contributed by atoms with E-state index in [1.807, 2.05) is 26.5 Å². The Morgan fingerprint density at radius 3 is 2.71 bits per heavy atom. The number of likely N-dealkylation sites (N-methyl/N-ethyl adjacent to an activating group) is 2. The van der Waals surface area contributed by atoms with Crippen molar-refractivity contribution in [2.24, 2.45) is 7.05 Å². The van der Waals surface area contributed by atoms with E-state index in [0.717, 1.165) is 18.9 Å². The Hall–Kier alpha value is -1.65. The van der Waals surface area contributed by atoms with Crippen molar-refractivity contribution >= 4 is 0 Å². The highest BCUT2D eigenvalue weighted by Crippen LogP contribution is 2.20. The fraction of sp³-hybridized carbons (Fsp3) is 0.471. The van der Waals surface area contributed by atoms with E-state index in [9.17, 15) is 0 Å². The summed E-state index contributed by atoms with van der Waals surface area (Å²) in [7, 11) is 6.21. The first-order valence-electron chi connectivity index (χ1n) is 7.40. The van der Waals surface area contributed by atoms with E-state index < -0.39 is 0 Å². The maximum Gasteiger partial charge on any atom is 0.122 e. The van der Waals surface area contributed by atoms with Crippen LogP contribution >= 0.6 is 0 Å². The molecule has 0 aliphatic carbocycles. The first-order valence-corrected chi connectivity index (χ1v) is 7.40. The minimum Gasteiger partial charge on any atom is -0.337 e. The molecule has 114 valence electrons. The normalized spacial score (nSPS) is 12.9. The van der Waals surface area contributed by atoms with Gasteiger partial charge in [0.25, 0.3) is 0 Å². The molecule has 4 heteroatoms. The van der Waals surface area contributed by atoms with E-state index >= 15 is 0 Å². The van der Waals surface area contributed by atoms with Crippen LogP contribution in [0.15, 0.2) is 30.6 Å². The van der Waals surface area contributed by atoms with Gasteiger partial charge in [0.15, 0.2) is 0 Å². The van der Waals surface area contributed by atoms with Crippen LogP contribution in [0.3, 0.4) is 0 Å². The SMILES string of the molecule is CNC(CN(C)Cc1nccn1C)c1cc(C)ccc1C. The Balaban J connectivity index is 2.08. The minimum atomic E-state index is 0.329. The van der Waals surface area contributed by atoms with Crippen LogP contribution < -0.4 is 5.32 Å². The van der Waals surface area contributed by atoms with E-state index in [-0.39, 0.29) is 0 Å². The number of aryl methyl sites for hydroxylation is 3. The summed E-state index contributed by atoms with van der Waals surface area (Å²) in [6, 6.07) is 6.98. The van der Waals surface area contributed by atoms with Gasteiger partial charge in [0.05, 0.1) is 6.54 Å². The van der Waals surface area contributed by atoms with Crippen molar-refractivity contribution in [2.75, 3.05) is 20.6 Å². The highest BCUT2D eigenvalue weighted by atomic mass is 15.2. The van der Waals surface area contributed by atoms with E-state index in [0.29, 0.717) is 6.04 Å². The van der Waals surface area contributed by atoms with Crippen LogP contribution in [-0.2, 0) is 13.6 Å². The zero-order valence-electron chi connectivity index (χ0n) is 13.7. The van der Waals surface area contributed by atoms with Gasteiger partial charge >= 0.3 is 0 Å². The van der Waals surface area contributed by atoms with Crippen LogP contribution in [0.5, 0.6) is 0 Å². The zero-order valence-corrected chi connectivity index (χ0v) is 13.7. The molecule has 4 nitrogen and oxygen atoms in total. The zero-order chi connectivity index (χ0) is 15.4. The topological polar surface area (TPSA) is 33.1 Å². The monoisotopic (exact) mass is 286 g/mol. The fourth-order valence-electron chi connectivity index (χ4n) is 2.65. The molecule has 0 fully saturated rings. The number of hydrogen-bond acceptors (Lipinski definition) is 3. The molecule has 0 bridgehead atoms. The van der Waals surface area contributed by atoms with Crippen molar-refractivity contribution in [2.45, 2.75) is 26.4 Å². The van der Waals surface area contributed by atoms with E-state index in [1.165, 1.54) is 16.7 Å². The number of nitrogens with zero attached hydrogens (tertiary/aromatic N) is 3. The van der Waals surface area contributed by atoms with Gasteiger partial charge in [0.1, 0.15) is 5.82 Å². The third kappa shape index (κ3) is 3.93. The van der Waals surface area contributed by atoms with Crippen LogP contribution in [0.2, 0.25) is 0 Å². The smallest absolute Gasteiger partial charge is 0.122 e. The van der Waals surface area contributed by atoms with Gasteiger partial charge in [-0.3, -0.25) is 4.90 Å². The number of imidazole rings is 1. The summed E-state index contributed by atoms with van der Waals surface area (Å²) in [5.74, 6) is 1.09. The van der Waals surface area contributed by atoms with E-state index in [2.05, 4.69) is 58.9 Å². The second-order valence-electron chi connectivity index (χ2n) is 5.85. The van der Waals surface area contributed by atoms with Crippen molar-refractivity contribution in [1.82, 2.24) is 19.8 Å². The number of benzene rings is 1. The molecule has 0 amide bonds. The highest BCUT2D eigenvalue weighted by molar-refractivity contribution is 5.33. The summed E-state index contributed by atoms with van der Waals surface area (Å²) in [5.41, 5.74) is 4.03. The number of hydrogen-bond donors (Lipinski definition) is 1. The van der Waals surface area contributed by atoms with Gasteiger partial charge in [-0.15, -0.1) is 0 Å². The predicted octanol–water partition coefficient (Wildman–Crippen LogP) is 2.43. The second kappa shape index (κ2) is 6.87. The van der Waals surface area contributed by atoms with Gasteiger partial charge in [0, 0.05) is 32.0 Å². The van der Waals surface area contributed by atoms with E-state index in [1.54, 1.807) is 0 Å². The van der Waals surface area contributed by atoms with Crippen LogP contribution in [0.1, 0.15) is 28.6 Å². The average Bonchev–Trinajstić information content (AvgIpc) is 2.84. The number of nitrogens with one attached hydrogen (secondary N) is 1. The van der Waals surface area contributed by atoms with Gasteiger partial charge in [-0.25, -0.2) is 4.98 Å². The molecule has 1 aromatic heterocycles. The van der Waals surface area contributed by atoms with Crippen molar-refractivity contribution < 1.29 is 0 Å². The predicted molar refractivity (Wildman–Crippen MR) is 87.3 cm³/mol. The van der Waals surface area contributed by atoms with Crippen LogP contribution in [0, 0.1) is 13.8 Å². The first kappa shape index (κ1) is 15.7. The lowest BCUT2D eigenvalue weighted by Crippen LogP contribution is -2.32. The largest absolute Gasteiger partial charge is 0.337 e. The molecule has 2 aromatic rings. The number of aromatic nitrogens is 2. The Bertz CT molecular complexity index is 588. The van der Waals surface area contributed by atoms with Crippen LogP contribution in [0.4, 0.5) is 0 Å². The molecule has 0 radical (unpaired) electrons. The van der Waals surface area contributed by atoms with Gasteiger partial charge in [-0.05, 0) is 39.1 Å². The van der Waals surface area contributed by atoms with Crippen LogP contribution in [-0.4, -0.2) is 35.1 Å². The fourth-order valence-corrected chi connectivity index (χ4v) is 2.65. The molecule has 0 saturated heterocycles. The summed E-state index contributed by atoms with van der Waals surface area (Å²) in [5, 5.41) is 3.44. The van der Waals surface area contributed by atoms with Crippen molar-refractivity contribution in [3.63, 3.8) is 0 Å². The van der Waals surface area contributed by atoms with Gasteiger partial charge < -0.3 is 9.88 Å². The second-order valence-corrected chi connectivity index (χ2v) is 5.85. The Morgan fingerprint density at radius 2 is 2.10 bits per heavy atom. The summed E-state index contributed by atoms with van der Waals surface area (Å²) in [6.45, 7) is 6.13. The Kier molecular flexibility index (Phi) is 5.15. The maximum absolute atomic E-state index is 4.39. The molecule has 1 atom stereocenters. The maximum atomic E-state index is 4.39. The lowest BCUT2D eigenvalue weighted by molar-refractivity contribution is 0.280. The van der Waals surface area contributed by atoms with Gasteiger partial charge in [-0.2, -0.15) is 0 Å². The van der Waals surface area contributed by atoms with Crippen molar-refractivity contribution in [3.8, 4) is 0 Å². The van der Waals surface area contributed by atoms with Crippen molar-refractivity contribution in [3.05, 3.63) is 53.1 Å². The summed E-state index contributed by atoms with van der Waals surface area (Å²) >= 11 is 0. The van der Waals surface area contributed by atoms with Crippen LogP contribution in [0.25, 0.3) is 0 Å². The quantitative estimate of drug-likeness (QED) is 0.885. The molecule has 1 unspecified atom stereocenters. The number of rotatable bonds is 6. The molecular weight excluding hydrogens is 260 g/mol. The highest BCUT2D eigenvalue weighted by Gasteiger charge is 2.15. The van der Waals surface area contributed by atoms with Gasteiger partial charge in [0.2, 0.25) is 0 Å². The third-order valence-electron chi connectivity index (χ3n) is 3.99. The molecule has 0 spiro atoms. The third-order valence-corrected chi connectivity index (χ3v) is 3.99. The summed E-state index contributed by atoms with van der Waals surface area (Å²) in [6.07, 6.45) is 3.84. The molecule has 2 rings (SSSR count). The Labute approximate surface area is 127 Å². The molecule has 1 N–H and O–H groups in total. The standard InChI is InChI=1S/C17H26N4/c1-13-6-7-14(2)15(10-13)16(18-3)11-20(4)12-17-19-8-9-21(17)5/h6-10,16,18H,11-12H2,1-5H3. The molecule has 21 heavy (non-hydrogen) atoms. The summed E-state index contributed by atoms with van der Waals surface area (Å²) < 4.78 is 2.07. The molecule has 0 aliphatic rings. The molecule has 1 heterocycles. The molecule has 1 aromatic carbocycles. The van der Waals surface area contributed by atoms with Crippen molar-refractivity contribution in [1.29, 1.82) is 0 Å².